The number of benzene rings is 2. The van der Waals surface area contributed by atoms with E-state index in [2.05, 4.69) is 17.5 Å². The number of rotatable bonds is 2. The van der Waals surface area contributed by atoms with Crippen molar-refractivity contribution >= 4 is 11.5 Å². The Balaban J connectivity index is 1.77. The number of phenols is 1. The van der Waals surface area contributed by atoms with Gasteiger partial charge in [-0.15, -0.1) is 0 Å². The Hall–Kier alpha value is -2.55. The second kappa shape index (κ2) is 5.27. The summed E-state index contributed by atoms with van der Waals surface area (Å²) in [6.07, 6.45) is 5.52. The molecule has 3 nitrogen and oxygen atoms in total. The van der Waals surface area contributed by atoms with Gasteiger partial charge >= 0.3 is 0 Å². The minimum atomic E-state index is 0.104. The summed E-state index contributed by atoms with van der Waals surface area (Å²) in [5.74, 6) is 1.17. The zero-order valence-corrected chi connectivity index (χ0v) is 13.0. The Morgan fingerprint density at radius 2 is 1.96 bits per heavy atom. The van der Waals surface area contributed by atoms with Gasteiger partial charge in [-0.05, 0) is 60.7 Å². The third kappa shape index (κ3) is 2.33. The lowest BCUT2D eigenvalue weighted by molar-refractivity contribution is 0.101. The number of hydrogen-bond donors (Lipinski definition) is 2. The van der Waals surface area contributed by atoms with Crippen molar-refractivity contribution < 1.29 is 9.90 Å². The zero-order valence-electron chi connectivity index (χ0n) is 13.0. The van der Waals surface area contributed by atoms with Crippen LogP contribution in [-0.2, 0) is 0 Å². The van der Waals surface area contributed by atoms with Gasteiger partial charge < -0.3 is 10.4 Å². The summed E-state index contributed by atoms with van der Waals surface area (Å²) < 4.78 is 0. The maximum atomic E-state index is 11.7. The van der Waals surface area contributed by atoms with Crippen LogP contribution in [0.1, 0.15) is 46.8 Å². The fourth-order valence-electron chi connectivity index (χ4n) is 3.83. The third-order valence-corrected chi connectivity index (χ3v) is 5.02. The van der Waals surface area contributed by atoms with E-state index in [0.717, 1.165) is 17.7 Å². The smallest absolute Gasteiger partial charge is 0.159 e. The normalized spacial score (nSPS) is 24.7. The summed E-state index contributed by atoms with van der Waals surface area (Å²) in [6.45, 7) is 1.61. The summed E-state index contributed by atoms with van der Waals surface area (Å²) in [5, 5.41) is 13.2. The maximum absolute atomic E-state index is 11.7. The van der Waals surface area contributed by atoms with Crippen LogP contribution in [0.3, 0.4) is 0 Å². The molecule has 2 N–H and O–H groups in total. The van der Waals surface area contributed by atoms with Crippen LogP contribution in [0.25, 0.3) is 0 Å². The first-order chi connectivity index (χ1) is 11.1. The molecule has 0 saturated carbocycles. The van der Waals surface area contributed by atoms with Gasteiger partial charge in [-0.2, -0.15) is 0 Å². The van der Waals surface area contributed by atoms with E-state index in [-0.39, 0.29) is 17.6 Å². The maximum Gasteiger partial charge on any atom is 0.159 e. The molecule has 1 aliphatic carbocycles. The van der Waals surface area contributed by atoms with Gasteiger partial charge in [-0.25, -0.2) is 0 Å². The fourth-order valence-corrected chi connectivity index (χ4v) is 3.83. The summed E-state index contributed by atoms with van der Waals surface area (Å²) in [7, 11) is 0. The van der Waals surface area contributed by atoms with E-state index in [1.807, 2.05) is 30.3 Å². The highest BCUT2D eigenvalue weighted by Gasteiger charge is 2.37. The monoisotopic (exact) mass is 305 g/mol. The molecule has 0 fully saturated rings. The number of anilines is 1. The molecule has 1 heterocycles. The van der Waals surface area contributed by atoms with Crippen LogP contribution in [0.15, 0.2) is 54.6 Å². The Morgan fingerprint density at radius 3 is 2.70 bits per heavy atom. The molecule has 2 aromatic carbocycles. The Labute approximate surface area is 135 Å². The lowest BCUT2D eigenvalue weighted by Gasteiger charge is -2.37. The number of fused-ring (bicyclic) bond motifs is 3. The first-order valence-electron chi connectivity index (χ1n) is 8.00. The predicted octanol–water partition coefficient (Wildman–Crippen LogP) is 4.42. The van der Waals surface area contributed by atoms with Crippen molar-refractivity contribution in [2.45, 2.75) is 25.3 Å². The van der Waals surface area contributed by atoms with Crippen LogP contribution >= 0.6 is 0 Å². The summed E-state index contributed by atoms with van der Waals surface area (Å²) in [6, 6.07) is 13.6. The van der Waals surface area contributed by atoms with Crippen molar-refractivity contribution in [2.24, 2.45) is 5.92 Å². The van der Waals surface area contributed by atoms with Crippen molar-refractivity contribution in [3.63, 3.8) is 0 Å². The minimum absolute atomic E-state index is 0.104. The summed E-state index contributed by atoms with van der Waals surface area (Å²) in [5.41, 5.74) is 4.27. The first-order valence-corrected chi connectivity index (χ1v) is 8.00. The van der Waals surface area contributed by atoms with E-state index >= 15 is 0 Å². The van der Waals surface area contributed by atoms with Gasteiger partial charge in [0.25, 0.3) is 0 Å². The molecular formula is C20H19NO2. The van der Waals surface area contributed by atoms with Gasteiger partial charge in [0.05, 0.1) is 6.04 Å². The molecule has 4 rings (SSSR count). The zero-order chi connectivity index (χ0) is 16.0. The fraction of sp³-hybridized carbons (Fsp3) is 0.250. The van der Waals surface area contributed by atoms with Gasteiger partial charge in [0.1, 0.15) is 5.75 Å². The topological polar surface area (TPSA) is 49.3 Å². The van der Waals surface area contributed by atoms with E-state index < -0.39 is 0 Å². The van der Waals surface area contributed by atoms with E-state index in [9.17, 15) is 9.90 Å². The van der Waals surface area contributed by atoms with E-state index in [1.54, 1.807) is 19.1 Å². The number of phenolic OH excluding ortho intramolecular Hbond substituents is 1. The van der Waals surface area contributed by atoms with Crippen molar-refractivity contribution in [3.8, 4) is 5.75 Å². The molecule has 2 aliphatic rings. The quantitative estimate of drug-likeness (QED) is 0.638. The van der Waals surface area contributed by atoms with Gasteiger partial charge in [0, 0.05) is 17.2 Å². The van der Waals surface area contributed by atoms with Crippen molar-refractivity contribution in [2.75, 3.05) is 5.32 Å². The largest absolute Gasteiger partial charge is 0.508 e. The number of ketones is 1. The molecule has 3 atom stereocenters. The van der Waals surface area contributed by atoms with Crippen LogP contribution in [0.2, 0.25) is 0 Å². The Kier molecular flexibility index (Phi) is 3.22. The molecule has 0 bridgehead atoms. The highest BCUT2D eigenvalue weighted by Crippen LogP contribution is 2.50. The van der Waals surface area contributed by atoms with Crippen molar-refractivity contribution in [1.29, 1.82) is 0 Å². The van der Waals surface area contributed by atoms with Gasteiger partial charge in [0.15, 0.2) is 5.78 Å². The number of Topliss-reactive ketones (excluding diaryl/α,β-unsaturated/α-hetero) is 1. The van der Waals surface area contributed by atoms with Crippen LogP contribution in [0.4, 0.5) is 5.69 Å². The summed E-state index contributed by atoms with van der Waals surface area (Å²) >= 11 is 0. The van der Waals surface area contributed by atoms with Gasteiger partial charge in [-0.3, -0.25) is 4.79 Å². The van der Waals surface area contributed by atoms with Crippen molar-refractivity contribution in [3.05, 3.63) is 71.3 Å². The molecule has 0 aromatic heterocycles. The van der Waals surface area contributed by atoms with Gasteiger partial charge in [-0.1, -0.05) is 24.3 Å². The van der Waals surface area contributed by atoms with Crippen molar-refractivity contribution in [1.82, 2.24) is 0 Å². The molecule has 116 valence electrons. The van der Waals surface area contributed by atoms with Crippen LogP contribution in [-0.4, -0.2) is 10.9 Å². The SMILES string of the molecule is CC(=O)c1ccc2c(c1)C1C=CCC1C(c1ccc(O)cc1)N2. The molecule has 2 aromatic rings. The molecule has 23 heavy (non-hydrogen) atoms. The second-order valence-corrected chi connectivity index (χ2v) is 6.43. The molecule has 0 amide bonds. The molecule has 3 unspecified atom stereocenters. The van der Waals surface area contributed by atoms with E-state index in [4.69, 9.17) is 0 Å². The summed E-state index contributed by atoms with van der Waals surface area (Å²) in [4.78, 5) is 11.7. The average Bonchev–Trinajstić information content (AvgIpc) is 3.04. The lowest BCUT2D eigenvalue weighted by atomic mass is 9.76. The second-order valence-electron chi connectivity index (χ2n) is 6.43. The standard InChI is InChI=1S/C20H19NO2/c1-12(22)14-7-10-19-18(11-14)16-3-2-4-17(16)20(21-19)13-5-8-15(23)9-6-13/h2-3,5-11,16-17,20-21,23H,4H2,1H3. The molecule has 0 radical (unpaired) electrons. The predicted molar refractivity (Wildman–Crippen MR) is 90.9 cm³/mol. The Bertz CT molecular complexity index is 792. The lowest BCUT2D eigenvalue weighted by Crippen LogP contribution is -2.29. The molecular weight excluding hydrogens is 286 g/mol. The first kappa shape index (κ1) is 14.1. The van der Waals surface area contributed by atoms with Crippen LogP contribution in [0.5, 0.6) is 5.75 Å². The molecule has 0 saturated heterocycles. The van der Waals surface area contributed by atoms with E-state index in [1.165, 1.54) is 11.1 Å². The Morgan fingerprint density at radius 1 is 1.17 bits per heavy atom. The average molecular weight is 305 g/mol. The molecule has 0 spiro atoms. The highest BCUT2D eigenvalue weighted by molar-refractivity contribution is 5.95. The van der Waals surface area contributed by atoms with E-state index in [0.29, 0.717) is 11.8 Å². The number of carbonyl (C=O) groups is 1. The van der Waals surface area contributed by atoms with Crippen LogP contribution in [0, 0.1) is 5.92 Å². The molecule has 3 heteroatoms. The number of allylic oxidation sites excluding steroid dienone is 2. The number of carbonyl (C=O) groups excluding carboxylic acids is 1. The van der Waals surface area contributed by atoms with Gasteiger partial charge in [0.2, 0.25) is 0 Å². The minimum Gasteiger partial charge on any atom is -0.508 e. The van der Waals surface area contributed by atoms with Crippen LogP contribution < -0.4 is 5.32 Å². The highest BCUT2D eigenvalue weighted by atomic mass is 16.3. The third-order valence-electron chi connectivity index (χ3n) is 5.02. The number of aromatic hydroxyl groups is 1. The number of nitrogens with one attached hydrogen (secondary N) is 1. The molecule has 1 aliphatic heterocycles. The number of hydrogen-bond acceptors (Lipinski definition) is 3.